The number of fused-ring (bicyclic) bond motifs is 1. The molecule has 0 fully saturated rings. The SMILES string of the molecule is O=c1[nH]c(O)c(C(O)c2ccc(-c3ccc4c(c3)OCO4)cc2)[nH]1. The normalized spacial score (nSPS) is 13.9. The van der Waals surface area contributed by atoms with Crippen molar-refractivity contribution in [2.24, 2.45) is 0 Å². The first-order valence-electron chi connectivity index (χ1n) is 7.31. The molecule has 1 aliphatic heterocycles. The summed E-state index contributed by atoms with van der Waals surface area (Å²) in [5.74, 6) is 1.05. The third kappa shape index (κ3) is 2.40. The first-order chi connectivity index (χ1) is 11.6. The van der Waals surface area contributed by atoms with Crippen LogP contribution in [0.25, 0.3) is 11.1 Å². The minimum absolute atomic E-state index is 0.0378. The van der Waals surface area contributed by atoms with Crippen LogP contribution in [-0.2, 0) is 0 Å². The lowest BCUT2D eigenvalue weighted by Crippen LogP contribution is -2.05. The molecule has 4 rings (SSSR count). The summed E-state index contributed by atoms with van der Waals surface area (Å²) in [6, 6.07) is 12.8. The Balaban J connectivity index is 1.63. The molecule has 4 N–H and O–H groups in total. The van der Waals surface area contributed by atoms with E-state index in [2.05, 4.69) is 9.97 Å². The van der Waals surface area contributed by atoms with Gasteiger partial charge in [0.05, 0.1) is 0 Å². The van der Waals surface area contributed by atoms with Crippen LogP contribution in [0.2, 0.25) is 0 Å². The van der Waals surface area contributed by atoms with Crippen LogP contribution in [0.3, 0.4) is 0 Å². The fraction of sp³-hybridized carbons (Fsp3) is 0.118. The molecule has 1 aliphatic rings. The predicted molar refractivity (Wildman–Crippen MR) is 85.1 cm³/mol. The van der Waals surface area contributed by atoms with Crippen LogP contribution < -0.4 is 15.2 Å². The second-order valence-corrected chi connectivity index (χ2v) is 5.43. The second-order valence-electron chi connectivity index (χ2n) is 5.43. The average Bonchev–Trinajstić information content (AvgIpc) is 3.19. The number of benzene rings is 2. The van der Waals surface area contributed by atoms with Crippen LogP contribution in [-0.4, -0.2) is 27.0 Å². The highest BCUT2D eigenvalue weighted by Crippen LogP contribution is 2.36. The van der Waals surface area contributed by atoms with E-state index in [0.717, 1.165) is 16.9 Å². The highest BCUT2D eigenvalue weighted by Gasteiger charge is 2.18. The van der Waals surface area contributed by atoms with Crippen molar-refractivity contribution in [3.63, 3.8) is 0 Å². The lowest BCUT2D eigenvalue weighted by atomic mass is 10.0. The lowest BCUT2D eigenvalue weighted by molar-refractivity contribution is 0.174. The van der Waals surface area contributed by atoms with Crippen LogP contribution in [0, 0.1) is 0 Å². The van der Waals surface area contributed by atoms with Gasteiger partial charge in [-0.3, -0.25) is 4.98 Å². The van der Waals surface area contributed by atoms with Crippen molar-refractivity contribution in [2.75, 3.05) is 6.79 Å². The van der Waals surface area contributed by atoms with E-state index >= 15 is 0 Å². The molecule has 3 aromatic rings. The third-order valence-electron chi connectivity index (χ3n) is 3.94. The summed E-state index contributed by atoms with van der Waals surface area (Å²) >= 11 is 0. The highest BCUT2D eigenvalue weighted by atomic mass is 16.7. The van der Waals surface area contributed by atoms with E-state index in [4.69, 9.17) is 9.47 Å². The molecule has 7 nitrogen and oxygen atoms in total. The maximum absolute atomic E-state index is 11.2. The highest BCUT2D eigenvalue weighted by molar-refractivity contribution is 5.67. The molecule has 1 unspecified atom stereocenters. The fourth-order valence-electron chi connectivity index (χ4n) is 2.69. The molecule has 0 saturated carbocycles. The second kappa shape index (κ2) is 5.47. The monoisotopic (exact) mass is 326 g/mol. The molecule has 2 aromatic carbocycles. The first kappa shape index (κ1) is 14.4. The van der Waals surface area contributed by atoms with Crippen LogP contribution in [0.1, 0.15) is 17.4 Å². The minimum Gasteiger partial charge on any atom is -0.493 e. The molecule has 24 heavy (non-hydrogen) atoms. The Bertz CT molecular complexity index is 942. The van der Waals surface area contributed by atoms with Crippen molar-refractivity contribution in [1.82, 2.24) is 9.97 Å². The molecule has 0 aliphatic carbocycles. The molecule has 0 amide bonds. The van der Waals surface area contributed by atoms with E-state index in [1.165, 1.54) is 0 Å². The smallest absolute Gasteiger partial charge is 0.326 e. The van der Waals surface area contributed by atoms with Gasteiger partial charge in [-0.1, -0.05) is 30.3 Å². The number of H-pyrrole nitrogens is 2. The summed E-state index contributed by atoms with van der Waals surface area (Å²) in [5.41, 5.74) is 1.91. The molecule has 122 valence electrons. The molecule has 0 saturated heterocycles. The Kier molecular flexibility index (Phi) is 3.28. The molecular formula is C17H14N2O5. The van der Waals surface area contributed by atoms with Gasteiger partial charge in [-0.2, -0.15) is 0 Å². The largest absolute Gasteiger partial charge is 0.493 e. The van der Waals surface area contributed by atoms with E-state index in [1.54, 1.807) is 12.1 Å². The van der Waals surface area contributed by atoms with Gasteiger partial charge in [-0.05, 0) is 28.8 Å². The Hall–Kier alpha value is -3.19. The van der Waals surface area contributed by atoms with Crippen LogP contribution in [0.5, 0.6) is 17.4 Å². The Morgan fingerprint density at radius 2 is 1.67 bits per heavy atom. The standard InChI is InChI=1S/C17H14N2O5/c20-15(14-16(21)19-17(22)18-14)10-3-1-9(2-4-10)11-5-6-12-13(7-11)24-8-23-12/h1-7,15,20-21H,8H2,(H2,18,19,22). The molecule has 0 radical (unpaired) electrons. The third-order valence-corrected chi connectivity index (χ3v) is 3.94. The topological polar surface area (TPSA) is 108 Å². The number of aliphatic hydroxyl groups is 1. The first-order valence-corrected chi connectivity index (χ1v) is 7.31. The molecule has 0 bridgehead atoms. The maximum atomic E-state index is 11.2. The summed E-state index contributed by atoms with van der Waals surface area (Å²) in [4.78, 5) is 15.7. The van der Waals surface area contributed by atoms with E-state index < -0.39 is 11.8 Å². The summed E-state index contributed by atoms with van der Waals surface area (Å²) in [6.07, 6.45) is -1.13. The summed E-state index contributed by atoms with van der Waals surface area (Å²) in [6.45, 7) is 0.224. The molecule has 1 aromatic heterocycles. The maximum Gasteiger partial charge on any atom is 0.326 e. The Morgan fingerprint density at radius 3 is 2.38 bits per heavy atom. The van der Waals surface area contributed by atoms with Gasteiger partial charge in [0.1, 0.15) is 11.8 Å². The van der Waals surface area contributed by atoms with Crippen molar-refractivity contribution in [1.29, 1.82) is 0 Å². The fourth-order valence-corrected chi connectivity index (χ4v) is 2.69. The van der Waals surface area contributed by atoms with Crippen molar-refractivity contribution in [2.45, 2.75) is 6.10 Å². The number of aromatic hydroxyl groups is 1. The van der Waals surface area contributed by atoms with E-state index in [-0.39, 0.29) is 18.4 Å². The van der Waals surface area contributed by atoms with Gasteiger partial charge in [0, 0.05) is 0 Å². The van der Waals surface area contributed by atoms with E-state index in [1.807, 2.05) is 30.3 Å². The number of ether oxygens (including phenoxy) is 2. The van der Waals surface area contributed by atoms with Gasteiger partial charge in [-0.25, -0.2) is 4.79 Å². The predicted octanol–water partition coefficient (Wildman–Crippen LogP) is 1.89. The number of imidazole rings is 1. The molecule has 1 atom stereocenters. The quantitative estimate of drug-likeness (QED) is 0.588. The molecule has 2 heterocycles. The van der Waals surface area contributed by atoms with Gasteiger partial charge in [0.15, 0.2) is 11.5 Å². The summed E-state index contributed by atoms with van der Waals surface area (Å²) < 4.78 is 10.7. The number of aromatic amines is 2. The Labute approximate surface area is 136 Å². The number of aromatic nitrogens is 2. The minimum atomic E-state index is -1.13. The zero-order chi connectivity index (χ0) is 16.7. The van der Waals surface area contributed by atoms with Crippen molar-refractivity contribution in [3.8, 4) is 28.5 Å². The number of hydrogen-bond acceptors (Lipinski definition) is 5. The van der Waals surface area contributed by atoms with Crippen LogP contribution in [0.4, 0.5) is 0 Å². The summed E-state index contributed by atoms with van der Waals surface area (Å²) in [7, 11) is 0. The van der Waals surface area contributed by atoms with Gasteiger partial charge >= 0.3 is 5.69 Å². The average molecular weight is 326 g/mol. The number of hydrogen-bond donors (Lipinski definition) is 4. The zero-order valence-electron chi connectivity index (χ0n) is 12.4. The van der Waals surface area contributed by atoms with Crippen molar-refractivity contribution >= 4 is 0 Å². The van der Waals surface area contributed by atoms with E-state index in [9.17, 15) is 15.0 Å². The van der Waals surface area contributed by atoms with Gasteiger partial charge in [0.2, 0.25) is 12.7 Å². The molecule has 0 spiro atoms. The van der Waals surface area contributed by atoms with Gasteiger partial charge in [-0.15, -0.1) is 0 Å². The van der Waals surface area contributed by atoms with Gasteiger partial charge in [0.25, 0.3) is 0 Å². The molecular weight excluding hydrogens is 312 g/mol. The Morgan fingerprint density at radius 1 is 0.958 bits per heavy atom. The van der Waals surface area contributed by atoms with E-state index in [0.29, 0.717) is 11.3 Å². The van der Waals surface area contributed by atoms with Crippen molar-refractivity contribution < 1.29 is 19.7 Å². The van der Waals surface area contributed by atoms with Gasteiger partial charge < -0.3 is 24.7 Å². The lowest BCUT2D eigenvalue weighted by Gasteiger charge is -2.10. The molecule has 7 heteroatoms. The number of aliphatic hydroxyl groups excluding tert-OH is 1. The number of rotatable bonds is 3. The van der Waals surface area contributed by atoms with Crippen molar-refractivity contribution in [3.05, 3.63) is 64.2 Å². The summed E-state index contributed by atoms with van der Waals surface area (Å²) in [5, 5.41) is 19.9. The van der Waals surface area contributed by atoms with Crippen LogP contribution >= 0.6 is 0 Å². The zero-order valence-corrected chi connectivity index (χ0v) is 12.4. The number of nitrogens with one attached hydrogen (secondary N) is 2. The van der Waals surface area contributed by atoms with Crippen LogP contribution in [0.15, 0.2) is 47.3 Å².